The average molecular weight is 284 g/mol. The van der Waals surface area contributed by atoms with E-state index in [4.69, 9.17) is 0 Å². The molecule has 1 aliphatic carbocycles. The Balaban J connectivity index is 1.61. The first kappa shape index (κ1) is 13.0. The van der Waals surface area contributed by atoms with E-state index in [1.54, 1.807) is 4.90 Å². The molecule has 2 aliphatic heterocycles. The van der Waals surface area contributed by atoms with E-state index in [1.165, 1.54) is 19.3 Å². The van der Waals surface area contributed by atoms with Crippen LogP contribution in [0.3, 0.4) is 0 Å². The van der Waals surface area contributed by atoms with Crippen molar-refractivity contribution < 1.29 is 9.59 Å². The third-order valence-electron chi connectivity index (χ3n) is 5.02. The first-order valence-corrected chi connectivity index (χ1v) is 7.92. The number of piperidine rings is 1. The van der Waals surface area contributed by atoms with Crippen LogP contribution in [0.2, 0.25) is 0 Å². The van der Waals surface area contributed by atoms with Gasteiger partial charge in [-0.2, -0.15) is 0 Å². The summed E-state index contributed by atoms with van der Waals surface area (Å²) >= 11 is 0. The van der Waals surface area contributed by atoms with Crippen molar-refractivity contribution >= 4 is 17.4 Å². The van der Waals surface area contributed by atoms with Gasteiger partial charge in [0.25, 0.3) is 0 Å². The van der Waals surface area contributed by atoms with Crippen LogP contribution in [0, 0.1) is 0 Å². The van der Waals surface area contributed by atoms with Crippen molar-refractivity contribution in [3.63, 3.8) is 0 Å². The van der Waals surface area contributed by atoms with Gasteiger partial charge in [-0.1, -0.05) is 18.6 Å². The van der Waals surface area contributed by atoms with Crippen LogP contribution in [-0.2, 0) is 4.79 Å². The zero-order chi connectivity index (χ0) is 14.4. The van der Waals surface area contributed by atoms with Gasteiger partial charge >= 0.3 is 0 Å². The molecule has 1 aromatic carbocycles. The lowest BCUT2D eigenvalue weighted by atomic mass is 10.1. The molecule has 2 heterocycles. The van der Waals surface area contributed by atoms with Crippen LogP contribution in [0.25, 0.3) is 0 Å². The topological polar surface area (TPSA) is 40.6 Å². The summed E-state index contributed by atoms with van der Waals surface area (Å²) in [5.41, 5.74) is 1.01. The second kappa shape index (κ2) is 4.67. The Morgan fingerprint density at radius 3 is 2.52 bits per heavy atom. The maximum absolute atomic E-state index is 12.8. The van der Waals surface area contributed by atoms with Gasteiger partial charge in [-0.15, -0.1) is 0 Å². The van der Waals surface area contributed by atoms with Gasteiger partial charge in [0.1, 0.15) is 5.54 Å². The molecule has 0 atom stereocenters. The summed E-state index contributed by atoms with van der Waals surface area (Å²) in [6, 6.07) is 7.56. The standard InChI is InChI=1S/C17H20N2O2/c20-15(12-18-10-4-1-5-11-18)19-14-7-3-2-6-13(14)16(21)17(19)8-9-17/h2-3,6-7H,1,4-5,8-12H2. The first-order valence-electron chi connectivity index (χ1n) is 7.92. The van der Waals surface area contributed by atoms with E-state index in [9.17, 15) is 9.59 Å². The van der Waals surface area contributed by atoms with Gasteiger partial charge in [0.15, 0.2) is 5.78 Å². The van der Waals surface area contributed by atoms with Gasteiger partial charge < -0.3 is 0 Å². The van der Waals surface area contributed by atoms with E-state index in [0.717, 1.165) is 37.2 Å². The van der Waals surface area contributed by atoms with E-state index in [0.29, 0.717) is 6.54 Å². The van der Waals surface area contributed by atoms with Crippen LogP contribution in [0.15, 0.2) is 24.3 Å². The molecule has 4 nitrogen and oxygen atoms in total. The third kappa shape index (κ3) is 1.93. The second-order valence-corrected chi connectivity index (χ2v) is 6.44. The number of amides is 1. The minimum absolute atomic E-state index is 0.0905. The van der Waals surface area contributed by atoms with E-state index in [2.05, 4.69) is 4.90 Å². The fourth-order valence-electron chi connectivity index (χ4n) is 3.77. The molecule has 110 valence electrons. The molecule has 0 N–H and O–H groups in total. The summed E-state index contributed by atoms with van der Waals surface area (Å²) < 4.78 is 0. The smallest absolute Gasteiger partial charge is 0.242 e. The summed E-state index contributed by atoms with van der Waals surface area (Å²) in [6.07, 6.45) is 5.24. The van der Waals surface area contributed by atoms with Gasteiger partial charge in [-0.05, 0) is 50.9 Å². The van der Waals surface area contributed by atoms with Crippen LogP contribution >= 0.6 is 0 Å². The largest absolute Gasteiger partial charge is 0.297 e. The quantitative estimate of drug-likeness (QED) is 0.836. The number of fused-ring (bicyclic) bond motifs is 1. The van der Waals surface area contributed by atoms with E-state index >= 15 is 0 Å². The number of carbonyl (C=O) groups is 2. The fourth-order valence-corrected chi connectivity index (χ4v) is 3.77. The number of anilines is 1. The number of ketones is 1. The summed E-state index contributed by atoms with van der Waals surface area (Å²) in [5, 5.41) is 0. The van der Waals surface area contributed by atoms with Crippen LogP contribution in [0.1, 0.15) is 42.5 Å². The minimum Gasteiger partial charge on any atom is -0.297 e. The number of benzene rings is 1. The number of Topliss-reactive ketones (excluding diaryl/α,β-unsaturated/α-hetero) is 1. The Hall–Kier alpha value is -1.68. The Bertz CT molecular complexity index is 601. The molecule has 0 aromatic heterocycles. The van der Waals surface area contributed by atoms with E-state index < -0.39 is 5.54 Å². The van der Waals surface area contributed by atoms with Crippen molar-refractivity contribution in [2.24, 2.45) is 0 Å². The first-order chi connectivity index (χ1) is 10.2. The lowest BCUT2D eigenvalue weighted by molar-refractivity contribution is -0.120. The summed E-state index contributed by atoms with van der Waals surface area (Å²) in [7, 11) is 0. The maximum atomic E-state index is 12.8. The molecule has 3 aliphatic rings. The Kier molecular flexibility index (Phi) is 2.89. The van der Waals surface area contributed by atoms with Crippen LogP contribution < -0.4 is 4.90 Å². The van der Waals surface area contributed by atoms with Gasteiger partial charge in [-0.25, -0.2) is 0 Å². The van der Waals surface area contributed by atoms with Gasteiger partial charge in [0, 0.05) is 5.56 Å². The maximum Gasteiger partial charge on any atom is 0.242 e. The highest BCUT2D eigenvalue weighted by Gasteiger charge is 2.61. The van der Waals surface area contributed by atoms with Crippen molar-refractivity contribution in [1.82, 2.24) is 4.90 Å². The number of hydrogen-bond donors (Lipinski definition) is 0. The van der Waals surface area contributed by atoms with Gasteiger partial charge in [0.05, 0.1) is 12.2 Å². The van der Waals surface area contributed by atoms with Crippen molar-refractivity contribution in [3.05, 3.63) is 29.8 Å². The van der Waals surface area contributed by atoms with Gasteiger partial charge in [0.2, 0.25) is 5.91 Å². The normalized spacial score (nSPS) is 23.4. The van der Waals surface area contributed by atoms with Crippen molar-refractivity contribution in [2.45, 2.75) is 37.6 Å². The molecule has 21 heavy (non-hydrogen) atoms. The number of para-hydroxylation sites is 1. The number of nitrogens with zero attached hydrogens (tertiary/aromatic N) is 2. The monoisotopic (exact) mass is 284 g/mol. The zero-order valence-corrected chi connectivity index (χ0v) is 12.2. The van der Waals surface area contributed by atoms with Crippen LogP contribution in [-0.4, -0.2) is 41.8 Å². The van der Waals surface area contributed by atoms with Gasteiger partial charge in [-0.3, -0.25) is 19.4 Å². The van der Waals surface area contributed by atoms with Crippen molar-refractivity contribution in [1.29, 1.82) is 0 Å². The highest BCUT2D eigenvalue weighted by Crippen LogP contribution is 2.52. The molecular formula is C17H20N2O2. The highest BCUT2D eigenvalue weighted by molar-refractivity contribution is 6.22. The predicted molar refractivity (Wildman–Crippen MR) is 80.5 cm³/mol. The number of likely N-dealkylation sites (tertiary alicyclic amines) is 1. The van der Waals surface area contributed by atoms with Crippen molar-refractivity contribution in [2.75, 3.05) is 24.5 Å². The molecule has 1 saturated heterocycles. The predicted octanol–water partition coefficient (Wildman–Crippen LogP) is 2.23. The minimum atomic E-state index is -0.531. The second-order valence-electron chi connectivity index (χ2n) is 6.44. The van der Waals surface area contributed by atoms with Crippen LogP contribution in [0.5, 0.6) is 0 Å². The molecule has 0 unspecified atom stereocenters. The molecule has 0 bridgehead atoms. The molecule has 1 amide bonds. The summed E-state index contributed by atoms with van der Waals surface area (Å²) in [4.78, 5) is 29.4. The zero-order valence-electron chi connectivity index (χ0n) is 12.2. The lowest BCUT2D eigenvalue weighted by Crippen LogP contribution is -2.48. The molecule has 4 heteroatoms. The highest BCUT2D eigenvalue weighted by atomic mass is 16.2. The molecule has 0 radical (unpaired) electrons. The van der Waals surface area contributed by atoms with Crippen LogP contribution in [0.4, 0.5) is 5.69 Å². The molecule has 4 rings (SSSR count). The molecule has 1 saturated carbocycles. The number of carbonyl (C=O) groups excluding carboxylic acids is 2. The third-order valence-corrected chi connectivity index (χ3v) is 5.02. The molecule has 1 spiro atoms. The fraction of sp³-hybridized carbons (Fsp3) is 0.529. The molecule has 1 aromatic rings. The number of rotatable bonds is 2. The molecule has 2 fully saturated rings. The Morgan fingerprint density at radius 1 is 1.10 bits per heavy atom. The summed E-state index contributed by atoms with van der Waals surface area (Å²) in [5.74, 6) is 0.234. The lowest BCUT2D eigenvalue weighted by Gasteiger charge is -2.30. The number of hydrogen-bond acceptors (Lipinski definition) is 3. The van der Waals surface area contributed by atoms with E-state index in [-0.39, 0.29) is 11.7 Å². The summed E-state index contributed by atoms with van der Waals surface area (Å²) in [6.45, 7) is 2.45. The van der Waals surface area contributed by atoms with E-state index in [1.807, 2.05) is 24.3 Å². The Morgan fingerprint density at radius 2 is 1.81 bits per heavy atom. The van der Waals surface area contributed by atoms with Crippen molar-refractivity contribution in [3.8, 4) is 0 Å². The average Bonchev–Trinajstić information content (AvgIpc) is 3.25. The SMILES string of the molecule is O=C(CN1CCCCC1)N1c2ccccc2C(=O)C12CC2. The Labute approximate surface area is 124 Å². The molecular weight excluding hydrogens is 264 g/mol.